The lowest BCUT2D eigenvalue weighted by Gasteiger charge is -2.24. The second kappa shape index (κ2) is 7.71. The highest BCUT2D eigenvalue weighted by Gasteiger charge is 2.33. The molecule has 5 nitrogen and oxygen atoms in total. The number of carboxylic acid groups (broad SMARTS) is 1. The number of hydrogen-bond donors (Lipinski definition) is 2. The number of carbonyl (C=O) groups excluding carboxylic acids is 1. The third-order valence-corrected chi connectivity index (χ3v) is 3.73. The molecular weight excluding hydrogens is 308 g/mol. The van der Waals surface area contributed by atoms with Crippen molar-refractivity contribution in [2.75, 3.05) is 0 Å². The predicted octanol–water partition coefficient (Wildman–Crippen LogP) is 2.57. The first-order valence-corrected chi connectivity index (χ1v) is 7.17. The Balaban J connectivity index is 2.01. The van der Waals surface area contributed by atoms with E-state index >= 15 is 0 Å². The maximum absolute atomic E-state index is 12.3. The van der Waals surface area contributed by atoms with Gasteiger partial charge in [-0.2, -0.15) is 8.78 Å². The molecule has 0 aromatic heterocycles. The zero-order chi connectivity index (χ0) is 16.8. The Kier molecular flexibility index (Phi) is 5.67. The van der Waals surface area contributed by atoms with Gasteiger partial charge in [-0.1, -0.05) is 30.4 Å². The van der Waals surface area contributed by atoms with Crippen LogP contribution in [0.3, 0.4) is 0 Å². The Hall–Kier alpha value is -2.44. The zero-order valence-electron chi connectivity index (χ0n) is 12.2. The van der Waals surface area contributed by atoms with Crippen LogP contribution in [0.1, 0.15) is 18.4 Å². The first kappa shape index (κ1) is 16.9. The molecule has 124 valence electrons. The number of rotatable bonds is 6. The van der Waals surface area contributed by atoms with Gasteiger partial charge in [0.1, 0.15) is 5.75 Å². The van der Waals surface area contributed by atoms with E-state index < -0.39 is 30.3 Å². The fourth-order valence-corrected chi connectivity index (χ4v) is 2.55. The first-order chi connectivity index (χ1) is 11.0. The molecule has 1 aliphatic rings. The van der Waals surface area contributed by atoms with Gasteiger partial charge in [-0.25, -0.2) is 0 Å². The Labute approximate surface area is 131 Å². The molecule has 0 heterocycles. The number of carbonyl (C=O) groups is 2. The summed E-state index contributed by atoms with van der Waals surface area (Å²) in [6.07, 6.45) is 4.17. The van der Waals surface area contributed by atoms with Gasteiger partial charge in [0.15, 0.2) is 0 Å². The summed E-state index contributed by atoms with van der Waals surface area (Å²) in [5, 5.41) is 11.8. The maximum Gasteiger partial charge on any atom is 0.387 e. The van der Waals surface area contributed by atoms with Crippen LogP contribution in [0, 0.1) is 11.8 Å². The van der Waals surface area contributed by atoms with Crippen LogP contribution in [0.5, 0.6) is 5.75 Å². The summed E-state index contributed by atoms with van der Waals surface area (Å²) >= 11 is 0. The number of alkyl halides is 2. The van der Waals surface area contributed by atoms with Gasteiger partial charge in [-0.15, -0.1) is 0 Å². The van der Waals surface area contributed by atoms with E-state index in [1.807, 2.05) is 0 Å². The van der Waals surface area contributed by atoms with Crippen LogP contribution in [0.4, 0.5) is 8.78 Å². The van der Waals surface area contributed by atoms with Crippen molar-refractivity contribution in [1.82, 2.24) is 5.32 Å². The van der Waals surface area contributed by atoms with Crippen LogP contribution in [-0.4, -0.2) is 23.6 Å². The topological polar surface area (TPSA) is 75.6 Å². The molecule has 2 atom stereocenters. The van der Waals surface area contributed by atoms with Gasteiger partial charge in [0.2, 0.25) is 5.91 Å². The van der Waals surface area contributed by atoms with Crippen LogP contribution >= 0.6 is 0 Å². The molecule has 1 aromatic rings. The Morgan fingerprint density at radius 2 is 1.87 bits per heavy atom. The van der Waals surface area contributed by atoms with Gasteiger partial charge in [-0.05, 0) is 18.9 Å². The third-order valence-electron chi connectivity index (χ3n) is 3.73. The van der Waals surface area contributed by atoms with Crippen molar-refractivity contribution in [2.45, 2.75) is 26.0 Å². The molecule has 0 spiro atoms. The van der Waals surface area contributed by atoms with E-state index in [1.54, 1.807) is 30.4 Å². The van der Waals surface area contributed by atoms with Gasteiger partial charge in [0, 0.05) is 12.1 Å². The highest BCUT2D eigenvalue weighted by atomic mass is 19.3. The molecule has 23 heavy (non-hydrogen) atoms. The summed E-state index contributed by atoms with van der Waals surface area (Å²) in [5.41, 5.74) is 0.402. The second-order valence-corrected chi connectivity index (χ2v) is 5.20. The van der Waals surface area contributed by atoms with E-state index in [2.05, 4.69) is 10.1 Å². The minimum absolute atomic E-state index is 0.00567. The Morgan fingerprint density at radius 3 is 2.52 bits per heavy atom. The number of halogens is 2. The van der Waals surface area contributed by atoms with E-state index in [1.165, 1.54) is 6.07 Å². The zero-order valence-corrected chi connectivity index (χ0v) is 12.2. The molecule has 1 aliphatic carbocycles. The largest absolute Gasteiger partial charge is 0.481 e. The maximum atomic E-state index is 12.3. The van der Waals surface area contributed by atoms with Crippen LogP contribution in [0.15, 0.2) is 36.4 Å². The summed E-state index contributed by atoms with van der Waals surface area (Å²) in [4.78, 5) is 23.4. The SMILES string of the molecule is O=C(O)[C@H]1CC=CC[C@H]1C(=O)NCc1ccccc1OC(F)F. The molecular formula is C16H17F2NO4. The number of carboxylic acids is 1. The molecule has 0 fully saturated rings. The van der Waals surface area contributed by atoms with Crippen LogP contribution < -0.4 is 10.1 Å². The highest BCUT2D eigenvalue weighted by Crippen LogP contribution is 2.26. The van der Waals surface area contributed by atoms with E-state index in [-0.39, 0.29) is 12.3 Å². The lowest BCUT2D eigenvalue weighted by atomic mass is 9.82. The van der Waals surface area contributed by atoms with Gasteiger partial charge < -0.3 is 15.2 Å². The second-order valence-electron chi connectivity index (χ2n) is 5.20. The van der Waals surface area contributed by atoms with Crippen molar-refractivity contribution < 1.29 is 28.2 Å². The third kappa shape index (κ3) is 4.51. The molecule has 2 rings (SSSR count). The quantitative estimate of drug-likeness (QED) is 0.788. The highest BCUT2D eigenvalue weighted by molar-refractivity contribution is 5.85. The molecule has 0 aliphatic heterocycles. The fraction of sp³-hybridized carbons (Fsp3) is 0.375. The fourth-order valence-electron chi connectivity index (χ4n) is 2.55. The van der Waals surface area contributed by atoms with Crippen LogP contribution in [-0.2, 0) is 16.1 Å². The first-order valence-electron chi connectivity index (χ1n) is 7.17. The molecule has 1 amide bonds. The lowest BCUT2D eigenvalue weighted by molar-refractivity contribution is -0.147. The van der Waals surface area contributed by atoms with E-state index in [9.17, 15) is 18.4 Å². The molecule has 0 saturated heterocycles. The Bertz CT molecular complexity index is 603. The van der Waals surface area contributed by atoms with Crippen molar-refractivity contribution in [3.8, 4) is 5.75 Å². The predicted molar refractivity (Wildman–Crippen MR) is 77.9 cm³/mol. The Morgan fingerprint density at radius 1 is 1.22 bits per heavy atom. The summed E-state index contributed by atoms with van der Waals surface area (Å²) in [6, 6.07) is 6.14. The normalized spacial score (nSPS) is 20.3. The lowest BCUT2D eigenvalue weighted by Crippen LogP contribution is -2.38. The van der Waals surface area contributed by atoms with E-state index in [4.69, 9.17) is 5.11 Å². The van der Waals surface area contributed by atoms with Gasteiger partial charge in [0.05, 0.1) is 11.8 Å². The molecule has 1 aromatic carbocycles. The minimum Gasteiger partial charge on any atom is -0.481 e. The van der Waals surface area contributed by atoms with E-state index in [0.29, 0.717) is 18.4 Å². The summed E-state index contributed by atoms with van der Waals surface area (Å²) in [5.74, 6) is -2.88. The number of ether oxygens (including phenoxy) is 1. The molecule has 2 N–H and O–H groups in total. The number of benzene rings is 1. The average Bonchev–Trinajstić information content (AvgIpc) is 2.53. The number of amides is 1. The average molecular weight is 325 g/mol. The van der Waals surface area contributed by atoms with Crippen molar-refractivity contribution in [3.05, 3.63) is 42.0 Å². The van der Waals surface area contributed by atoms with Crippen molar-refractivity contribution in [3.63, 3.8) is 0 Å². The standard InChI is InChI=1S/C16H17F2NO4/c17-16(18)23-13-8-4-1-5-10(13)9-19-14(20)11-6-2-3-7-12(11)15(21)22/h1-5,8,11-12,16H,6-7,9H2,(H,19,20)(H,21,22)/t11-,12+/m1/s1. The van der Waals surface area contributed by atoms with Gasteiger partial charge >= 0.3 is 12.6 Å². The van der Waals surface area contributed by atoms with Gasteiger partial charge in [-0.3, -0.25) is 9.59 Å². The number of allylic oxidation sites excluding steroid dienone is 2. The molecule has 7 heteroatoms. The monoisotopic (exact) mass is 325 g/mol. The number of hydrogen-bond acceptors (Lipinski definition) is 3. The van der Waals surface area contributed by atoms with E-state index in [0.717, 1.165) is 0 Å². The smallest absolute Gasteiger partial charge is 0.387 e. The number of aliphatic carboxylic acids is 1. The number of nitrogens with one attached hydrogen (secondary N) is 1. The molecule has 0 unspecified atom stereocenters. The van der Waals surface area contributed by atoms with Gasteiger partial charge in [0.25, 0.3) is 0 Å². The van der Waals surface area contributed by atoms with Crippen molar-refractivity contribution in [2.24, 2.45) is 11.8 Å². The summed E-state index contributed by atoms with van der Waals surface area (Å²) in [7, 11) is 0. The minimum atomic E-state index is -2.95. The van der Waals surface area contributed by atoms with Crippen LogP contribution in [0.2, 0.25) is 0 Å². The molecule has 0 saturated carbocycles. The summed E-state index contributed by atoms with van der Waals surface area (Å²) < 4.78 is 29.1. The molecule has 0 bridgehead atoms. The van der Waals surface area contributed by atoms with Crippen molar-refractivity contribution >= 4 is 11.9 Å². The van der Waals surface area contributed by atoms with Crippen LogP contribution in [0.25, 0.3) is 0 Å². The van der Waals surface area contributed by atoms with Crippen molar-refractivity contribution in [1.29, 1.82) is 0 Å². The number of para-hydroxylation sites is 1. The summed E-state index contributed by atoms with van der Waals surface area (Å²) in [6.45, 7) is -2.96. The molecule has 0 radical (unpaired) electrons.